The normalized spacial score (nSPS) is 19.6. The summed E-state index contributed by atoms with van der Waals surface area (Å²) in [4.78, 5) is 12.0. The van der Waals surface area contributed by atoms with E-state index in [4.69, 9.17) is 4.52 Å². The zero-order valence-electron chi connectivity index (χ0n) is 14.3. The van der Waals surface area contributed by atoms with E-state index in [-0.39, 0.29) is 17.4 Å². The number of carbonyl (C=O) groups is 1. The maximum absolute atomic E-state index is 12.0. The highest BCUT2D eigenvalue weighted by atomic mass is 32.2. The van der Waals surface area contributed by atoms with Crippen molar-refractivity contribution in [3.63, 3.8) is 0 Å². The zero-order valence-corrected chi connectivity index (χ0v) is 15.1. The van der Waals surface area contributed by atoms with Crippen LogP contribution in [0.5, 0.6) is 0 Å². The van der Waals surface area contributed by atoms with Gasteiger partial charge in [-0.1, -0.05) is 5.16 Å². The van der Waals surface area contributed by atoms with Crippen LogP contribution in [-0.4, -0.2) is 41.8 Å². The maximum Gasteiger partial charge on any atom is 0.244 e. The second-order valence-corrected chi connectivity index (χ2v) is 8.52. The van der Waals surface area contributed by atoms with Gasteiger partial charge in [0.05, 0.1) is 23.6 Å². The molecule has 0 aromatic carbocycles. The van der Waals surface area contributed by atoms with Crippen molar-refractivity contribution in [2.45, 2.75) is 27.2 Å². The summed E-state index contributed by atoms with van der Waals surface area (Å²) in [5.41, 5.74) is 5.13. The molecule has 0 bridgehead atoms. The average Bonchev–Trinajstić information content (AvgIpc) is 3.18. The van der Waals surface area contributed by atoms with Gasteiger partial charge in [-0.2, -0.15) is 5.10 Å². The van der Waals surface area contributed by atoms with Crippen LogP contribution >= 0.6 is 0 Å². The number of rotatable bonds is 4. The summed E-state index contributed by atoms with van der Waals surface area (Å²) in [6, 6.07) is 3.76. The fourth-order valence-corrected chi connectivity index (χ4v) is 4.73. The van der Waals surface area contributed by atoms with Crippen LogP contribution in [0.3, 0.4) is 0 Å². The van der Waals surface area contributed by atoms with Crippen LogP contribution in [-0.2, 0) is 14.6 Å². The van der Waals surface area contributed by atoms with E-state index in [0.717, 1.165) is 22.7 Å². The molecule has 1 N–H and O–H groups in total. The molecule has 1 aliphatic heterocycles. The zero-order chi connectivity index (χ0) is 18.2. The number of carbonyl (C=O) groups excluding carboxylic acids is 1. The molecule has 2 aromatic heterocycles. The molecule has 0 aliphatic carbocycles. The topological polar surface area (TPSA) is 107 Å². The van der Waals surface area contributed by atoms with Gasteiger partial charge in [0.15, 0.2) is 15.7 Å². The second kappa shape index (κ2) is 6.47. The number of hydrogen-bond donors (Lipinski definition) is 1. The van der Waals surface area contributed by atoms with Crippen molar-refractivity contribution in [1.29, 1.82) is 0 Å². The fourth-order valence-electron chi connectivity index (χ4n) is 2.99. The molecule has 1 fully saturated rings. The molecule has 1 atom stereocenters. The lowest BCUT2D eigenvalue weighted by atomic mass is 10.1. The van der Waals surface area contributed by atoms with Crippen LogP contribution in [0.25, 0.3) is 5.82 Å². The third-order valence-corrected chi connectivity index (χ3v) is 6.06. The SMILES string of the molecule is Cc1cc(-n2c(C)cc(/C=N\NC(=O)[C@@H]3CCS(=O)(=O)C3)c2C)no1. The number of amides is 1. The second-order valence-electron chi connectivity index (χ2n) is 6.29. The van der Waals surface area contributed by atoms with Gasteiger partial charge in [0.1, 0.15) is 5.76 Å². The molecule has 3 heterocycles. The summed E-state index contributed by atoms with van der Waals surface area (Å²) in [5, 5.41) is 7.98. The highest BCUT2D eigenvalue weighted by Gasteiger charge is 2.32. The molecule has 0 unspecified atom stereocenters. The van der Waals surface area contributed by atoms with E-state index in [1.165, 1.54) is 0 Å². The van der Waals surface area contributed by atoms with Crippen molar-refractivity contribution >= 4 is 22.0 Å². The van der Waals surface area contributed by atoms with E-state index in [9.17, 15) is 13.2 Å². The predicted molar refractivity (Wildman–Crippen MR) is 92.5 cm³/mol. The molecule has 0 saturated carbocycles. The highest BCUT2D eigenvalue weighted by Crippen LogP contribution is 2.20. The lowest BCUT2D eigenvalue weighted by molar-refractivity contribution is -0.124. The molecule has 1 aliphatic rings. The molecule has 9 heteroatoms. The molecular formula is C16H20N4O4S. The largest absolute Gasteiger partial charge is 0.360 e. The molecule has 25 heavy (non-hydrogen) atoms. The van der Waals surface area contributed by atoms with Crippen molar-refractivity contribution in [1.82, 2.24) is 15.1 Å². The van der Waals surface area contributed by atoms with E-state index in [1.807, 2.05) is 37.5 Å². The lowest BCUT2D eigenvalue weighted by Gasteiger charge is -2.05. The Morgan fingerprint density at radius 3 is 2.76 bits per heavy atom. The van der Waals surface area contributed by atoms with E-state index in [0.29, 0.717) is 12.2 Å². The smallest absolute Gasteiger partial charge is 0.244 e. The molecule has 134 valence electrons. The van der Waals surface area contributed by atoms with Crippen molar-refractivity contribution < 1.29 is 17.7 Å². The predicted octanol–water partition coefficient (Wildman–Crippen LogP) is 1.28. The minimum Gasteiger partial charge on any atom is -0.360 e. The van der Waals surface area contributed by atoms with Crippen molar-refractivity contribution in [3.05, 3.63) is 34.8 Å². The fraction of sp³-hybridized carbons (Fsp3) is 0.438. The van der Waals surface area contributed by atoms with E-state index in [2.05, 4.69) is 15.7 Å². The van der Waals surface area contributed by atoms with Gasteiger partial charge >= 0.3 is 0 Å². The summed E-state index contributed by atoms with van der Waals surface area (Å²) in [6.45, 7) is 5.69. The summed E-state index contributed by atoms with van der Waals surface area (Å²) < 4.78 is 29.9. The van der Waals surface area contributed by atoms with Crippen LogP contribution in [0.1, 0.15) is 29.1 Å². The van der Waals surface area contributed by atoms with Crippen LogP contribution < -0.4 is 5.43 Å². The number of hydrogen-bond acceptors (Lipinski definition) is 6. The quantitative estimate of drug-likeness (QED) is 0.649. The number of hydrazone groups is 1. The Labute approximate surface area is 145 Å². The first-order chi connectivity index (χ1) is 11.8. The van der Waals surface area contributed by atoms with Crippen LogP contribution in [0.15, 0.2) is 21.8 Å². The van der Waals surface area contributed by atoms with Crippen molar-refractivity contribution in [3.8, 4) is 5.82 Å². The maximum atomic E-state index is 12.0. The Balaban J connectivity index is 1.71. The van der Waals surface area contributed by atoms with Gasteiger partial charge in [0, 0.05) is 23.0 Å². The van der Waals surface area contributed by atoms with Gasteiger partial charge in [0.25, 0.3) is 0 Å². The van der Waals surface area contributed by atoms with Gasteiger partial charge in [-0.05, 0) is 33.3 Å². The Morgan fingerprint density at radius 2 is 2.16 bits per heavy atom. The summed E-state index contributed by atoms with van der Waals surface area (Å²) in [6.07, 6.45) is 1.90. The Hall–Kier alpha value is -2.42. The number of aryl methyl sites for hydroxylation is 2. The van der Waals surface area contributed by atoms with Crippen LogP contribution in [0.2, 0.25) is 0 Å². The van der Waals surface area contributed by atoms with Crippen LogP contribution in [0.4, 0.5) is 0 Å². The Bertz CT molecular complexity index is 939. The van der Waals surface area contributed by atoms with E-state index in [1.54, 1.807) is 6.21 Å². The summed E-state index contributed by atoms with van der Waals surface area (Å²) >= 11 is 0. The number of nitrogens with one attached hydrogen (secondary N) is 1. The van der Waals surface area contributed by atoms with Gasteiger partial charge < -0.3 is 4.52 Å². The molecule has 3 rings (SSSR count). The standard InChI is InChI=1S/C16H20N4O4S/c1-10-6-14(12(3)20(10)15-7-11(2)24-19-15)8-17-18-16(21)13-4-5-25(22,23)9-13/h6-8,13H,4-5,9H2,1-3H3,(H,18,21)/b17-8-/t13-/m1/s1. The average molecular weight is 364 g/mol. The Morgan fingerprint density at radius 1 is 1.40 bits per heavy atom. The first-order valence-corrected chi connectivity index (χ1v) is 9.75. The first-order valence-electron chi connectivity index (χ1n) is 7.93. The number of aromatic nitrogens is 2. The van der Waals surface area contributed by atoms with Gasteiger partial charge in [-0.25, -0.2) is 13.8 Å². The molecule has 0 spiro atoms. The Kier molecular flexibility index (Phi) is 4.51. The third kappa shape index (κ3) is 3.65. The van der Waals surface area contributed by atoms with Crippen molar-refractivity contribution in [2.24, 2.45) is 11.0 Å². The minimum atomic E-state index is -3.09. The molecule has 1 amide bonds. The molecule has 2 aromatic rings. The molecule has 1 saturated heterocycles. The minimum absolute atomic E-state index is 0.0626. The third-order valence-electron chi connectivity index (χ3n) is 4.30. The highest BCUT2D eigenvalue weighted by molar-refractivity contribution is 7.91. The van der Waals surface area contributed by atoms with E-state index < -0.39 is 15.8 Å². The molecular weight excluding hydrogens is 344 g/mol. The number of nitrogens with zero attached hydrogens (tertiary/aromatic N) is 3. The monoisotopic (exact) mass is 364 g/mol. The van der Waals surface area contributed by atoms with Gasteiger partial charge in [0.2, 0.25) is 5.91 Å². The summed E-state index contributed by atoms with van der Waals surface area (Å²) in [7, 11) is -3.09. The van der Waals surface area contributed by atoms with Crippen molar-refractivity contribution in [2.75, 3.05) is 11.5 Å². The molecule has 0 radical (unpaired) electrons. The van der Waals surface area contributed by atoms with Gasteiger partial charge in [-0.15, -0.1) is 0 Å². The number of sulfone groups is 1. The van der Waals surface area contributed by atoms with E-state index >= 15 is 0 Å². The van der Waals surface area contributed by atoms with Crippen LogP contribution in [0, 0.1) is 26.7 Å². The first kappa shape index (κ1) is 17.4. The summed E-state index contributed by atoms with van der Waals surface area (Å²) in [5.74, 6) is 0.483. The van der Waals surface area contributed by atoms with Gasteiger partial charge in [-0.3, -0.25) is 9.36 Å². The molecule has 8 nitrogen and oxygen atoms in total. The lowest BCUT2D eigenvalue weighted by Crippen LogP contribution is -2.27.